The average Bonchev–Trinajstić information content (AvgIpc) is 2.72. The molecule has 2 unspecified atom stereocenters. The quantitative estimate of drug-likeness (QED) is 0.756. The molecular weight excluding hydrogens is 178 g/mol. The number of hydrogen-bond acceptors (Lipinski definition) is 3. The van der Waals surface area contributed by atoms with E-state index in [9.17, 15) is 5.11 Å². The van der Waals surface area contributed by atoms with E-state index in [2.05, 4.69) is 10.3 Å². The van der Waals surface area contributed by atoms with E-state index in [0.29, 0.717) is 5.92 Å². The van der Waals surface area contributed by atoms with Gasteiger partial charge in [0.05, 0.1) is 6.10 Å². The number of aliphatic hydroxyl groups is 1. The molecule has 0 aromatic carbocycles. The molecule has 0 aliphatic heterocycles. The van der Waals surface area contributed by atoms with Crippen molar-refractivity contribution in [1.29, 1.82) is 0 Å². The van der Waals surface area contributed by atoms with E-state index in [1.807, 2.05) is 17.8 Å². The maximum Gasteiger partial charge on any atom is 0.202 e. The lowest BCUT2D eigenvalue weighted by Crippen LogP contribution is -2.22. The van der Waals surface area contributed by atoms with Gasteiger partial charge in [-0.1, -0.05) is 6.42 Å². The first-order valence-corrected chi connectivity index (χ1v) is 5.16. The fourth-order valence-electron chi connectivity index (χ4n) is 2.01. The zero-order valence-electron chi connectivity index (χ0n) is 8.48. The smallest absolute Gasteiger partial charge is 0.202 e. The highest BCUT2D eigenvalue weighted by atomic mass is 16.3. The SMILES string of the molecule is Cn1ccnc1NCC1CCCC1O. The summed E-state index contributed by atoms with van der Waals surface area (Å²) < 4.78 is 1.95. The van der Waals surface area contributed by atoms with Crippen molar-refractivity contribution in [2.45, 2.75) is 25.4 Å². The summed E-state index contributed by atoms with van der Waals surface area (Å²) >= 11 is 0. The first-order chi connectivity index (χ1) is 6.77. The molecule has 2 atom stereocenters. The average molecular weight is 195 g/mol. The van der Waals surface area contributed by atoms with Crippen molar-refractivity contribution in [2.24, 2.45) is 13.0 Å². The lowest BCUT2D eigenvalue weighted by Gasteiger charge is -2.15. The summed E-state index contributed by atoms with van der Waals surface area (Å²) in [4.78, 5) is 4.17. The first kappa shape index (κ1) is 9.52. The third-order valence-electron chi connectivity index (χ3n) is 2.96. The Morgan fingerprint density at radius 1 is 1.64 bits per heavy atom. The molecule has 0 radical (unpaired) electrons. The zero-order chi connectivity index (χ0) is 9.97. The third-order valence-corrected chi connectivity index (χ3v) is 2.96. The van der Waals surface area contributed by atoms with Gasteiger partial charge in [-0.05, 0) is 12.8 Å². The van der Waals surface area contributed by atoms with E-state index in [0.717, 1.165) is 31.8 Å². The van der Waals surface area contributed by atoms with Crippen LogP contribution in [0.5, 0.6) is 0 Å². The summed E-state index contributed by atoms with van der Waals surface area (Å²) in [6, 6.07) is 0. The van der Waals surface area contributed by atoms with Crippen LogP contribution in [-0.4, -0.2) is 27.3 Å². The predicted molar refractivity (Wildman–Crippen MR) is 55.0 cm³/mol. The van der Waals surface area contributed by atoms with Crippen LogP contribution in [0.15, 0.2) is 12.4 Å². The fraction of sp³-hybridized carbons (Fsp3) is 0.700. The van der Waals surface area contributed by atoms with Gasteiger partial charge in [0.15, 0.2) is 0 Å². The van der Waals surface area contributed by atoms with Crippen molar-refractivity contribution < 1.29 is 5.11 Å². The van der Waals surface area contributed by atoms with Gasteiger partial charge in [0, 0.05) is 31.9 Å². The van der Waals surface area contributed by atoms with Crippen LogP contribution < -0.4 is 5.32 Å². The molecule has 1 aromatic rings. The summed E-state index contributed by atoms with van der Waals surface area (Å²) in [7, 11) is 1.96. The molecule has 14 heavy (non-hydrogen) atoms. The molecule has 1 fully saturated rings. The Morgan fingerprint density at radius 3 is 3.07 bits per heavy atom. The number of anilines is 1. The second-order valence-electron chi connectivity index (χ2n) is 4.00. The van der Waals surface area contributed by atoms with Crippen LogP contribution in [0.25, 0.3) is 0 Å². The molecule has 0 spiro atoms. The minimum atomic E-state index is -0.122. The molecule has 2 N–H and O–H groups in total. The molecule has 1 aliphatic rings. The number of rotatable bonds is 3. The molecule has 1 saturated carbocycles. The van der Waals surface area contributed by atoms with E-state index in [-0.39, 0.29) is 6.10 Å². The Labute approximate surface area is 84.0 Å². The zero-order valence-corrected chi connectivity index (χ0v) is 8.48. The Kier molecular flexibility index (Phi) is 2.72. The van der Waals surface area contributed by atoms with Crippen molar-refractivity contribution in [1.82, 2.24) is 9.55 Å². The Balaban J connectivity index is 1.85. The van der Waals surface area contributed by atoms with E-state index in [1.54, 1.807) is 6.20 Å². The standard InChI is InChI=1S/C10H17N3O/c1-13-6-5-11-10(13)12-7-8-3-2-4-9(8)14/h5-6,8-9,14H,2-4,7H2,1H3,(H,11,12). The first-order valence-electron chi connectivity index (χ1n) is 5.16. The molecule has 1 aliphatic carbocycles. The Hall–Kier alpha value is -1.03. The highest BCUT2D eigenvalue weighted by Gasteiger charge is 2.24. The third kappa shape index (κ3) is 1.90. The van der Waals surface area contributed by atoms with Gasteiger partial charge >= 0.3 is 0 Å². The number of nitrogens with zero attached hydrogens (tertiary/aromatic N) is 2. The normalized spacial score (nSPS) is 26.7. The van der Waals surface area contributed by atoms with Gasteiger partial charge in [-0.15, -0.1) is 0 Å². The largest absolute Gasteiger partial charge is 0.393 e. The van der Waals surface area contributed by atoms with Gasteiger partial charge in [0.2, 0.25) is 5.95 Å². The number of aromatic nitrogens is 2. The minimum Gasteiger partial charge on any atom is -0.393 e. The Morgan fingerprint density at radius 2 is 2.50 bits per heavy atom. The second-order valence-corrected chi connectivity index (χ2v) is 4.00. The summed E-state index contributed by atoms with van der Waals surface area (Å²) in [5.74, 6) is 1.27. The van der Waals surface area contributed by atoms with E-state index in [4.69, 9.17) is 0 Å². The van der Waals surface area contributed by atoms with Gasteiger partial charge in [0.1, 0.15) is 0 Å². The van der Waals surface area contributed by atoms with E-state index < -0.39 is 0 Å². The summed E-state index contributed by atoms with van der Waals surface area (Å²) in [5.41, 5.74) is 0. The van der Waals surface area contributed by atoms with Crippen LogP contribution in [0.4, 0.5) is 5.95 Å². The molecular formula is C10H17N3O. The van der Waals surface area contributed by atoms with Crippen LogP contribution >= 0.6 is 0 Å². The number of aliphatic hydroxyl groups excluding tert-OH is 1. The molecule has 1 aromatic heterocycles. The molecule has 0 saturated heterocycles. The molecule has 0 bridgehead atoms. The fourth-order valence-corrected chi connectivity index (χ4v) is 2.01. The van der Waals surface area contributed by atoms with Crippen LogP contribution in [0, 0.1) is 5.92 Å². The van der Waals surface area contributed by atoms with Gasteiger partial charge < -0.3 is 15.0 Å². The van der Waals surface area contributed by atoms with E-state index in [1.165, 1.54) is 0 Å². The van der Waals surface area contributed by atoms with Crippen molar-refractivity contribution >= 4 is 5.95 Å². The topological polar surface area (TPSA) is 50.1 Å². The predicted octanol–water partition coefficient (Wildman–Crippen LogP) is 0.993. The van der Waals surface area contributed by atoms with Crippen LogP contribution in [0.1, 0.15) is 19.3 Å². The molecule has 2 rings (SSSR count). The van der Waals surface area contributed by atoms with Crippen LogP contribution in [0.2, 0.25) is 0 Å². The highest BCUT2D eigenvalue weighted by molar-refractivity contribution is 5.25. The molecule has 4 nitrogen and oxygen atoms in total. The molecule has 1 heterocycles. The summed E-state index contributed by atoms with van der Waals surface area (Å²) in [6.45, 7) is 0.825. The van der Waals surface area contributed by atoms with E-state index >= 15 is 0 Å². The van der Waals surface area contributed by atoms with Crippen LogP contribution in [-0.2, 0) is 7.05 Å². The van der Waals surface area contributed by atoms with Gasteiger partial charge in [0.25, 0.3) is 0 Å². The van der Waals surface area contributed by atoms with Crippen molar-refractivity contribution in [3.8, 4) is 0 Å². The number of nitrogens with one attached hydrogen (secondary N) is 1. The molecule has 0 amide bonds. The van der Waals surface area contributed by atoms with Crippen LogP contribution in [0.3, 0.4) is 0 Å². The van der Waals surface area contributed by atoms with Gasteiger partial charge in [-0.2, -0.15) is 0 Å². The van der Waals surface area contributed by atoms with Crippen molar-refractivity contribution in [2.75, 3.05) is 11.9 Å². The lowest BCUT2D eigenvalue weighted by molar-refractivity contribution is 0.138. The maximum absolute atomic E-state index is 9.62. The summed E-state index contributed by atoms with van der Waals surface area (Å²) in [5, 5.41) is 12.9. The van der Waals surface area contributed by atoms with Gasteiger partial charge in [-0.3, -0.25) is 0 Å². The van der Waals surface area contributed by atoms with Crippen molar-refractivity contribution in [3.63, 3.8) is 0 Å². The van der Waals surface area contributed by atoms with Crippen molar-refractivity contribution in [3.05, 3.63) is 12.4 Å². The van der Waals surface area contributed by atoms with Gasteiger partial charge in [-0.25, -0.2) is 4.98 Å². The minimum absolute atomic E-state index is 0.122. The number of aryl methyl sites for hydroxylation is 1. The number of hydrogen-bond donors (Lipinski definition) is 2. The molecule has 4 heteroatoms. The second kappa shape index (κ2) is 4.00. The maximum atomic E-state index is 9.62. The monoisotopic (exact) mass is 195 g/mol. The Bertz CT molecular complexity index is 297. The summed E-state index contributed by atoms with van der Waals surface area (Å²) in [6.07, 6.45) is 6.78. The number of imidazole rings is 1. The highest BCUT2D eigenvalue weighted by Crippen LogP contribution is 2.25. The lowest BCUT2D eigenvalue weighted by atomic mass is 10.1. The molecule has 78 valence electrons.